The van der Waals surface area contributed by atoms with E-state index in [1.54, 1.807) is 0 Å². The quantitative estimate of drug-likeness (QED) is 0.891. The Morgan fingerprint density at radius 3 is 2.39 bits per heavy atom. The number of oxazole rings is 1. The van der Waals surface area contributed by atoms with E-state index >= 15 is 0 Å². The van der Waals surface area contributed by atoms with Gasteiger partial charge in [0.05, 0.1) is 12.7 Å². The number of nitrogens with one attached hydrogen (secondary N) is 1. The van der Waals surface area contributed by atoms with Gasteiger partial charge in [-0.15, -0.1) is 0 Å². The van der Waals surface area contributed by atoms with Gasteiger partial charge in [0.25, 0.3) is 0 Å². The number of hydrogen-bond acceptors (Lipinski definition) is 3. The topological polar surface area (TPSA) is 38.1 Å². The predicted octanol–water partition coefficient (Wildman–Crippen LogP) is 2.90. The van der Waals surface area contributed by atoms with Gasteiger partial charge in [0.2, 0.25) is 5.89 Å². The van der Waals surface area contributed by atoms with E-state index in [0.29, 0.717) is 0 Å². The maximum absolute atomic E-state index is 5.55. The van der Waals surface area contributed by atoms with Crippen LogP contribution in [0.15, 0.2) is 10.6 Å². The van der Waals surface area contributed by atoms with Crippen LogP contribution in [0.3, 0.4) is 0 Å². The Morgan fingerprint density at radius 2 is 1.83 bits per heavy atom. The number of rotatable bonds is 3. The normalized spacial score (nSPS) is 41.5. The summed E-state index contributed by atoms with van der Waals surface area (Å²) < 4.78 is 5.55. The molecule has 0 saturated heterocycles. The molecule has 18 heavy (non-hydrogen) atoms. The van der Waals surface area contributed by atoms with Gasteiger partial charge in [-0.25, -0.2) is 4.98 Å². The van der Waals surface area contributed by atoms with Gasteiger partial charge < -0.3 is 9.73 Å². The number of nitrogens with zero attached hydrogens (tertiary/aromatic N) is 1. The third-order valence-corrected chi connectivity index (χ3v) is 5.38. The Labute approximate surface area is 108 Å². The molecule has 4 fully saturated rings. The highest BCUT2D eigenvalue weighted by molar-refractivity contribution is 5.02. The van der Waals surface area contributed by atoms with Gasteiger partial charge in [0, 0.05) is 6.04 Å². The lowest BCUT2D eigenvalue weighted by atomic mass is 9.54. The van der Waals surface area contributed by atoms with Crippen LogP contribution in [-0.4, -0.2) is 11.0 Å². The molecule has 5 rings (SSSR count). The summed E-state index contributed by atoms with van der Waals surface area (Å²) in [7, 11) is 0. The highest BCUT2D eigenvalue weighted by Gasteiger charge is 2.47. The van der Waals surface area contributed by atoms with E-state index in [1.807, 2.05) is 13.1 Å². The third kappa shape index (κ3) is 1.80. The van der Waals surface area contributed by atoms with E-state index < -0.39 is 0 Å². The van der Waals surface area contributed by atoms with Crippen molar-refractivity contribution in [3.05, 3.63) is 17.8 Å². The molecule has 3 heteroatoms. The molecule has 0 spiro atoms. The van der Waals surface area contributed by atoms with Gasteiger partial charge in [0.15, 0.2) is 0 Å². The second-order valence-electron chi connectivity index (χ2n) is 6.70. The smallest absolute Gasteiger partial charge is 0.208 e. The van der Waals surface area contributed by atoms with Crippen LogP contribution in [-0.2, 0) is 6.54 Å². The van der Waals surface area contributed by atoms with Gasteiger partial charge in [-0.3, -0.25) is 0 Å². The predicted molar refractivity (Wildman–Crippen MR) is 68.9 cm³/mol. The Hall–Kier alpha value is -0.830. The Kier molecular flexibility index (Phi) is 2.51. The number of aryl methyl sites for hydroxylation is 1. The fraction of sp³-hybridized carbons (Fsp3) is 0.800. The first-order valence-electron chi connectivity index (χ1n) is 7.42. The summed E-state index contributed by atoms with van der Waals surface area (Å²) in [5.74, 6) is 5.72. The molecule has 0 aliphatic heterocycles. The molecule has 0 unspecified atom stereocenters. The number of hydrogen-bond donors (Lipinski definition) is 1. The first kappa shape index (κ1) is 11.0. The second kappa shape index (κ2) is 4.09. The van der Waals surface area contributed by atoms with Crippen molar-refractivity contribution in [3.63, 3.8) is 0 Å². The van der Waals surface area contributed by atoms with E-state index in [4.69, 9.17) is 4.42 Å². The van der Waals surface area contributed by atoms with Gasteiger partial charge >= 0.3 is 0 Å². The van der Waals surface area contributed by atoms with Crippen LogP contribution in [0.25, 0.3) is 0 Å². The van der Waals surface area contributed by atoms with Crippen LogP contribution in [0.1, 0.15) is 43.8 Å². The van der Waals surface area contributed by atoms with Crippen LogP contribution in [0.2, 0.25) is 0 Å². The van der Waals surface area contributed by atoms with Gasteiger partial charge in [-0.2, -0.15) is 0 Å². The SMILES string of the molecule is Cc1cnc(CNC2C3CC4CC(C3)CC2C4)o1. The zero-order chi connectivity index (χ0) is 12.1. The average Bonchev–Trinajstić information content (AvgIpc) is 2.73. The van der Waals surface area contributed by atoms with Crippen LogP contribution in [0.4, 0.5) is 0 Å². The molecule has 4 saturated carbocycles. The van der Waals surface area contributed by atoms with Crippen molar-refractivity contribution in [1.82, 2.24) is 10.3 Å². The molecule has 4 aliphatic carbocycles. The molecule has 98 valence electrons. The average molecular weight is 246 g/mol. The summed E-state index contributed by atoms with van der Waals surface area (Å²) in [6, 6.07) is 0.727. The van der Waals surface area contributed by atoms with Crippen LogP contribution < -0.4 is 5.32 Å². The highest BCUT2D eigenvalue weighted by Crippen LogP contribution is 2.53. The maximum Gasteiger partial charge on any atom is 0.208 e. The van der Waals surface area contributed by atoms with E-state index in [9.17, 15) is 0 Å². The zero-order valence-corrected chi connectivity index (χ0v) is 11.1. The fourth-order valence-corrected chi connectivity index (χ4v) is 4.95. The maximum atomic E-state index is 5.55. The first-order chi connectivity index (χ1) is 8.78. The molecule has 4 aliphatic rings. The Bertz CT molecular complexity index is 411. The molecular formula is C15H22N2O. The van der Waals surface area contributed by atoms with Crippen molar-refractivity contribution in [1.29, 1.82) is 0 Å². The van der Waals surface area contributed by atoms with E-state index in [2.05, 4.69) is 10.3 Å². The molecule has 0 atom stereocenters. The largest absolute Gasteiger partial charge is 0.445 e. The van der Waals surface area contributed by atoms with Gasteiger partial charge in [0.1, 0.15) is 5.76 Å². The minimum absolute atomic E-state index is 0.727. The minimum Gasteiger partial charge on any atom is -0.445 e. The van der Waals surface area contributed by atoms with E-state index in [-0.39, 0.29) is 0 Å². The van der Waals surface area contributed by atoms with Gasteiger partial charge in [-0.05, 0) is 62.7 Å². The van der Waals surface area contributed by atoms with Crippen LogP contribution >= 0.6 is 0 Å². The van der Waals surface area contributed by atoms with Crippen molar-refractivity contribution < 1.29 is 4.42 Å². The molecule has 4 bridgehead atoms. The summed E-state index contributed by atoms with van der Waals surface area (Å²) in [6.07, 6.45) is 9.21. The Balaban J connectivity index is 1.43. The van der Waals surface area contributed by atoms with Crippen LogP contribution in [0, 0.1) is 30.6 Å². The van der Waals surface area contributed by atoms with E-state index in [0.717, 1.165) is 47.9 Å². The molecule has 1 aromatic heterocycles. The van der Waals surface area contributed by atoms with Crippen molar-refractivity contribution >= 4 is 0 Å². The lowest BCUT2D eigenvalue weighted by molar-refractivity contribution is -0.0149. The Morgan fingerprint density at radius 1 is 1.17 bits per heavy atom. The lowest BCUT2D eigenvalue weighted by Crippen LogP contribution is -2.54. The first-order valence-corrected chi connectivity index (χ1v) is 7.42. The highest BCUT2D eigenvalue weighted by atomic mass is 16.4. The van der Waals surface area contributed by atoms with Crippen molar-refractivity contribution in [2.24, 2.45) is 23.7 Å². The molecule has 0 aromatic carbocycles. The van der Waals surface area contributed by atoms with Crippen LogP contribution in [0.5, 0.6) is 0 Å². The number of aromatic nitrogens is 1. The molecular weight excluding hydrogens is 224 g/mol. The standard InChI is InChI=1S/C15H22N2O/c1-9-7-16-14(18-9)8-17-15-12-3-10-2-11(5-12)6-13(15)4-10/h7,10-13,15,17H,2-6,8H2,1H3. The molecule has 1 aromatic rings. The van der Waals surface area contributed by atoms with Crippen molar-refractivity contribution in [2.75, 3.05) is 0 Å². The lowest BCUT2D eigenvalue weighted by Gasteiger charge is -2.54. The van der Waals surface area contributed by atoms with Crippen molar-refractivity contribution in [2.45, 2.75) is 51.6 Å². The summed E-state index contributed by atoms with van der Waals surface area (Å²) in [5.41, 5.74) is 0. The summed E-state index contributed by atoms with van der Waals surface area (Å²) in [4.78, 5) is 4.29. The molecule has 0 amide bonds. The van der Waals surface area contributed by atoms with Gasteiger partial charge in [-0.1, -0.05) is 0 Å². The monoisotopic (exact) mass is 246 g/mol. The summed E-state index contributed by atoms with van der Waals surface area (Å²) in [5, 5.41) is 3.74. The molecule has 0 radical (unpaired) electrons. The summed E-state index contributed by atoms with van der Waals surface area (Å²) >= 11 is 0. The summed E-state index contributed by atoms with van der Waals surface area (Å²) in [6.45, 7) is 2.76. The second-order valence-corrected chi connectivity index (χ2v) is 6.70. The minimum atomic E-state index is 0.727. The molecule has 3 nitrogen and oxygen atoms in total. The fourth-order valence-electron chi connectivity index (χ4n) is 4.95. The van der Waals surface area contributed by atoms with Crippen molar-refractivity contribution in [3.8, 4) is 0 Å². The molecule has 1 heterocycles. The van der Waals surface area contributed by atoms with E-state index in [1.165, 1.54) is 32.1 Å². The molecule has 1 N–H and O–H groups in total. The zero-order valence-electron chi connectivity index (χ0n) is 11.1. The third-order valence-electron chi connectivity index (χ3n) is 5.38.